The SMILES string of the molecule is CS(=O)(=O)C1CCCC(CC(O)C2CCCC2)C1. The molecule has 0 aromatic carbocycles. The summed E-state index contributed by atoms with van der Waals surface area (Å²) in [5.74, 6) is 0.887. The standard InChI is InChI=1S/C14H26O3S/c1-18(16,17)13-8-4-5-11(9-13)10-14(15)12-6-2-3-7-12/h11-15H,2-10H2,1H3. The van der Waals surface area contributed by atoms with E-state index in [0.29, 0.717) is 11.8 Å². The smallest absolute Gasteiger partial charge is 0.150 e. The van der Waals surface area contributed by atoms with Gasteiger partial charge in [-0.15, -0.1) is 0 Å². The van der Waals surface area contributed by atoms with Gasteiger partial charge in [-0.3, -0.25) is 0 Å². The number of hydrogen-bond donors (Lipinski definition) is 1. The number of aliphatic hydroxyl groups excluding tert-OH is 1. The zero-order valence-electron chi connectivity index (χ0n) is 11.3. The molecule has 0 aromatic rings. The monoisotopic (exact) mass is 274 g/mol. The van der Waals surface area contributed by atoms with Crippen molar-refractivity contribution in [1.29, 1.82) is 0 Å². The van der Waals surface area contributed by atoms with Crippen LogP contribution in [0.3, 0.4) is 0 Å². The van der Waals surface area contributed by atoms with Crippen LogP contribution in [0.25, 0.3) is 0 Å². The molecule has 4 heteroatoms. The molecule has 106 valence electrons. The molecule has 0 aliphatic heterocycles. The molecule has 3 unspecified atom stereocenters. The van der Waals surface area contributed by atoms with E-state index < -0.39 is 9.84 Å². The predicted molar refractivity (Wildman–Crippen MR) is 73.2 cm³/mol. The predicted octanol–water partition coefficient (Wildman–Crippen LogP) is 2.53. The number of aliphatic hydroxyl groups is 1. The minimum Gasteiger partial charge on any atom is -0.393 e. The van der Waals surface area contributed by atoms with Crippen LogP contribution in [0.4, 0.5) is 0 Å². The Kier molecular flexibility index (Phi) is 4.70. The number of hydrogen-bond acceptors (Lipinski definition) is 3. The highest BCUT2D eigenvalue weighted by molar-refractivity contribution is 7.91. The lowest BCUT2D eigenvalue weighted by Crippen LogP contribution is -2.30. The lowest BCUT2D eigenvalue weighted by Gasteiger charge is -2.30. The summed E-state index contributed by atoms with van der Waals surface area (Å²) in [7, 11) is -2.90. The highest BCUT2D eigenvalue weighted by Gasteiger charge is 2.32. The van der Waals surface area contributed by atoms with Gasteiger partial charge in [-0.05, 0) is 43.9 Å². The zero-order valence-corrected chi connectivity index (χ0v) is 12.2. The van der Waals surface area contributed by atoms with E-state index >= 15 is 0 Å². The quantitative estimate of drug-likeness (QED) is 0.857. The van der Waals surface area contributed by atoms with Gasteiger partial charge in [0.25, 0.3) is 0 Å². The Labute approximate surface area is 111 Å². The molecule has 3 atom stereocenters. The van der Waals surface area contributed by atoms with E-state index in [1.807, 2.05) is 0 Å². The van der Waals surface area contributed by atoms with Crippen molar-refractivity contribution in [3.05, 3.63) is 0 Å². The van der Waals surface area contributed by atoms with Gasteiger partial charge in [-0.2, -0.15) is 0 Å². The summed E-state index contributed by atoms with van der Waals surface area (Å²) in [6.07, 6.45) is 10.5. The summed E-state index contributed by atoms with van der Waals surface area (Å²) in [4.78, 5) is 0. The van der Waals surface area contributed by atoms with E-state index in [9.17, 15) is 13.5 Å². The van der Waals surface area contributed by atoms with Gasteiger partial charge in [0.05, 0.1) is 11.4 Å². The summed E-state index contributed by atoms with van der Waals surface area (Å²) in [5, 5.41) is 10.1. The first kappa shape index (κ1) is 14.3. The Bertz CT molecular complexity index is 357. The van der Waals surface area contributed by atoms with Crippen LogP contribution in [-0.2, 0) is 9.84 Å². The van der Waals surface area contributed by atoms with Gasteiger partial charge in [0.2, 0.25) is 0 Å². The van der Waals surface area contributed by atoms with Crippen LogP contribution in [0.1, 0.15) is 57.8 Å². The number of sulfone groups is 1. The fourth-order valence-corrected chi connectivity index (χ4v) is 4.94. The van der Waals surface area contributed by atoms with E-state index in [1.54, 1.807) is 0 Å². The van der Waals surface area contributed by atoms with Crippen LogP contribution in [0.5, 0.6) is 0 Å². The molecule has 0 amide bonds. The minimum atomic E-state index is -2.90. The largest absolute Gasteiger partial charge is 0.393 e. The number of rotatable bonds is 4. The van der Waals surface area contributed by atoms with Gasteiger partial charge < -0.3 is 5.11 Å². The van der Waals surface area contributed by atoms with Crippen molar-refractivity contribution < 1.29 is 13.5 Å². The van der Waals surface area contributed by atoms with Crippen molar-refractivity contribution in [3.8, 4) is 0 Å². The Hall–Kier alpha value is -0.0900. The second-order valence-electron chi connectivity index (χ2n) is 6.33. The molecule has 2 rings (SSSR count). The lowest BCUT2D eigenvalue weighted by atomic mass is 9.82. The van der Waals surface area contributed by atoms with Crippen LogP contribution >= 0.6 is 0 Å². The molecule has 0 aromatic heterocycles. The van der Waals surface area contributed by atoms with Gasteiger partial charge in [0.1, 0.15) is 9.84 Å². The van der Waals surface area contributed by atoms with Crippen molar-refractivity contribution >= 4 is 9.84 Å². The lowest BCUT2D eigenvalue weighted by molar-refractivity contribution is 0.0770. The third kappa shape index (κ3) is 3.70. The molecule has 0 spiro atoms. The highest BCUT2D eigenvalue weighted by atomic mass is 32.2. The van der Waals surface area contributed by atoms with Crippen molar-refractivity contribution in [2.75, 3.05) is 6.26 Å². The van der Waals surface area contributed by atoms with Gasteiger partial charge in [0, 0.05) is 6.26 Å². The van der Waals surface area contributed by atoms with Crippen LogP contribution in [0.2, 0.25) is 0 Å². The van der Waals surface area contributed by atoms with E-state index in [1.165, 1.54) is 19.1 Å². The molecule has 0 heterocycles. The molecule has 2 aliphatic carbocycles. The van der Waals surface area contributed by atoms with Crippen LogP contribution in [0.15, 0.2) is 0 Å². The maximum absolute atomic E-state index is 11.6. The molecule has 0 radical (unpaired) electrons. The summed E-state index contributed by atoms with van der Waals surface area (Å²) < 4.78 is 23.2. The Morgan fingerprint density at radius 3 is 2.39 bits per heavy atom. The van der Waals surface area contributed by atoms with Crippen molar-refractivity contribution in [3.63, 3.8) is 0 Å². The van der Waals surface area contributed by atoms with E-state index in [0.717, 1.165) is 44.9 Å². The molecule has 1 N–H and O–H groups in total. The van der Waals surface area contributed by atoms with Crippen LogP contribution in [0, 0.1) is 11.8 Å². The van der Waals surface area contributed by atoms with Gasteiger partial charge in [-0.25, -0.2) is 8.42 Å². The first-order valence-electron chi connectivity index (χ1n) is 7.33. The normalized spacial score (nSPS) is 32.6. The maximum Gasteiger partial charge on any atom is 0.150 e. The van der Waals surface area contributed by atoms with Gasteiger partial charge in [-0.1, -0.05) is 25.7 Å². The molecule has 2 saturated carbocycles. The minimum absolute atomic E-state index is 0.160. The van der Waals surface area contributed by atoms with Crippen LogP contribution < -0.4 is 0 Å². The second kappa shape index (κ2) is 5.91. The topological polar surface area (TPSA) is 54.4 Å². The van der Waals surface area contributed by atoms with Gasteiger partial charge in [0.15, 0.2) is 0 Å². The zero-order chi connectivity index (χ0) is 13.2. The fraction of sp³-hybridized carbons (Fsp3) is 1.00. The van der Waals surface area contributed by atoms with E-state index in [-0.39, 0.29) is 11.4 Å². The van der Waals surface area contributed by atoms with E-state index in [4.69, 9.17) is 0 Å². The van der Waals surface area contributed by atoms with Crippen LogP contribution in [-0.4, -0.2) is 31.1 Å². The molecular formula is C14H26O3S. The molecule has 2 aliphatic rings. The molecule has 18 heavy (non-hydrogen) atoms. The van der Waals surface area contributed by atoms with E-state index in [2.05, 4.69) is 0 Å². The highest BCUT2D eigenvalue weighted by Crippen LogP contribution is 2.35. The Morgan fingerprint density at radius 1 is 1.11 bits per heavy atom. The van der Waals surface area contributed by atoms with Crippen molar-refractivity contribution in [2.24, 2.45) is 11.8 Å². The first-order chi connectivity index (χ1) is 8.47. The molecule has 2 fully saturated rings. The Morgan fingerprint density at radius 2 is 1.78 bits per heavy atom. The summed E-state index contributed by atoms with van der Waals surface area (Å²) in [6.45, 7) is 0. The maximum atomic E-state index is 11.6. The summed E-state index contributed by atoms with van der Waals surface area (Å²) >= 11 is 0. The summed E-state index contributed by atoms with van der Waals surface area (Å²) in [5.41, 5.74) is 0. The first-order valence-corrected chi connectivity index (χ1v) is 9.29. The Balaban J connectivity index is 1.85. The van der Waals surface area contributed by atoms with Crippen molar-refractivity contribution in [2.45, 2.75) is 69.1 Å². The second-order valence-corrected chi connectivity index (χ2v) is 8.66. The average Bonchev–Trinajstić information content (AvgIpc) is 2.81. The van der Waals surface area contributed by atoms with Crippen molar-refractivity contribution in [1.82, 2.24) is 0 Å². The molecule has 0 saturated heterocycles. The average molecular weight is 274 g/mol. The molecule has 3 nitrogen and oxygen atoms in total. The third-order valence-electron chi connectivity index (χ3n) is 4.86. The summed E-state index contributed by atoms with van der Waals surface area (Å²) in [6, 6.07) is 0. The third-order valence-corrected chi connectivity index (χ3v) is 6.50. The molecular weight excluding hydrogens is 248 g/mol. The fourth-order valence-electron chi connectivity index (χ4n) is 3.72. The molecule has 0 bridgehead atoms. The van der Waals surface area contributed by atoms with Gasteiger partial charge >= 0.3 is 0 Å².